The maximum absolute atomic E-state index is 12.4. The van der Waals surface area contributed by atoms with Gasteiger partial charge in [0.2, 0.25) is 11.7 Å². The Morgan fingerprint density at radius 2 is 1.82 bits per heavy atom. The van der Waals surface area contributed by atoms with E-state index >= 15 is 0 Å². The van der Waals surface area contributed by atoms with Crippen LogP contribution in [0.5, 0.6) is 0 Å². The lowest BCUT2D eigenvalue weighted by Crippen LogP contribution is -2.45. The molecule has 2 N–H and O–H groups in total. The van der Waals surface area contributed by atoms with E-state index in [2.05, 4.69) is 20.8 Å². The second-order valence-electron chi connectivity index (χ2n) is 6.33. The van der Waals surface area contributed by atoms with Crippen LogP contribution in [0.1, 0.15) is 20.8 Å². The van der Waals surface area contributed by atoms with Crippen molar-refractivity contribution < 1.29 is 14.0 Å². The molecule has 3 amide bonds. The summed E-state index contributed by atoms with van der Waals surface area (Å²) in [6.07, 6.45) is 1.57. The Hall–Kier alpha value is -3.07. The monoisotopic (exact) mass is 399 g/mol. The molecule has 2 heterocycles. The molecule has 3 aromatic rings. The van der Waals surface area contributed by atoms with E-state index in [9.17, 15) is 9.59 Å². The maximum Gasteiger partial charge on any atom is 0.321 e. The highest BCUT2D eigenvalue weighted by Crippen LogP contribution is 2.30. The number of carbonyl (C=O) groups excluding carboxylic acids is 2. The molecular weight excluding hydrogens is 378 g/mol. The number of nitrogens with one attached hydrogen (secondary N) is 2. The van der Waals surface area contributed by atoms with Crippen LogP contribution in [0.15, 0.2) is 58.3 Å². The van der Waals surface area contributed by atoms with Crippen LogP contribution < -0.4 is 10.6 Å². The third-order valence-electron chi connectivity index (χ3n) is 3.70. The van der Waals surface area contributed by atoms with E-state index in [-0.39, 0.29) is 6.04 Å². The summed E-state index contributed by atoms with van der Waals surface area (Å²) in [6, 6.07) is 12.5. The van der Waals surface area contributed by atoms with E-state index in [1.54, 1.807) is 25.3 Å². The average molecular weight is 399 g/mol. The number of benzene rings is 1. The fraction of sp³-hybridized carbons (Fsp3) is 0.263. The van der Waals surface area contributed by atoms with Crippen molar-refractivity contribution in [3.8, 4) is 17.3 Å². The number of para-hydroxylation sites is 1. The molecule has 0 fully saturated rings. The summed E-state index contributed by atoms with van der Waals surface area (Å²) in [6.45, 7) is 5.35. The Morgan fingerprint density at radius 1 is 1.07 bits per heavy atom. The van der Waals surface area contributed by atoms with E-state index in [1.807, 2.05) is 48.7 Å². The predicted molar refractivity (Wildman–Crippen MR) is 106 cm³/mol. The first-order chi connectivity index (χ1) is 13.5. The van der Waals surface area contributed by atoms with Gasteiger partial charge >= 0.3 is 6.03 Å². The van der Waals surface area contributed by atoms with Crippen LogP contribution >= 0.6 is 11.8 Å². The summed E-state index contributed by atoms with van der Waals surface area (Å²) in [5, 5.41) is 13.4. The third kappa shape index (κ3) is 4.61. The van der Waals surface area contributed by atoms with Gasteiger partial charge < -0.3 is 9.73 Å². The van der Waals surface area contributed by atoms with Crippen molar-refractivity contribution in [1.82, 2.24) is 25.4 Å². The number of imide groups is 1. The molecule has 0 unspecified atom stereocenters. The number of thioether (sulfide) groups is 1. The van der Waals surface area contributed by atoms with Gasteiger partial charge in [-0.25, -0.2) is 4.79 Å². The van der Waals surface area contributed by atoms with Crippen LogP contribution in [-0.2, 0) is 4.79 Å². The van der Waals surface area contributed by atoms with E-state index in [4.69, 9.17) is 4.42 Å². The molecule has 1 atom stereocenters. The number of amides is 3. The Bertz CT molecular complexity index is 938. The molecule has 0 saturated carbocycles. The quantitative estimate of drug-likeness (QED) is 0.617. The van der Waals surface area contributed by atoms with Crippen molar-refractivity contribution in [1.29, 1.82) is 0 Å². The summed E-state index contributed by atoms with van der Waals surface area (Å²) >= 11 is 1.21. The molecule has 0 aliphatic carbocycles. The highest BCUT2D eigenvalue weighted by atomic mass is 32.2. The van der Waals surface area contributed by atoms with Crippen molar-refractivity contribution in [3.05, 3.63) is 48.7 Å². The van der Waals surface area contributed by atoms with Crippen molar-refractivity contribution in [3.63, 3.8) is 0 Å². The van der Waals surface area contributed by atoms with Gasteiger partial charge in [0.1, 0.15) is 0 Å². The summed E-state index contributed by atoms with van der Waals surface area (Å²) in [5.41, 5.74) is 0.839. The largest absolute Gasteiger partial charge is 0.461 e. The van der Waals surface area contributed by atoms with Crippen molar-refractivity contribution in [2.75, 3.05) is 0 Å². The zero-order chi connectivity index (χ0) is 20.1. The minimum atomic E-state index is -0.561. The number of aromatic nitrogens is 3. The summed E-state index contributed by atoms with van der Waals surface area (Å²) < 4.78 is 7.29. The summed E-state index contributed by atoms with van der Waals surface area (Å²) in [7, 11) is 0. The summed E-state index contributed by atoms with van der Waals surface area (Å²) in [4.78, 5) is 24.1. The number of rotatable bonds is 6. The Morgan fingerprint density at radius 3 is 2.46 bits per heavy atom. The van der Waals surface area contributed by atoms with Crippen molar-refractivity contribution in [2.45, 2.75) is 37.2 Å². The van der Waals surface area contributed by atoms with E-state index in [1.165, 1.54) is 11.8 Å². The van der Waals surface area contributed by atoms with Gasteiger partial charge in [0.15, 0.2) is 10.9 Å². The van der Waals surface area contributed by atoms with Crippen LogP contribution in [0.25, 0.3) is 17.3 Å². The highest BCUT2D eigenvalue weighted by Gasteiger charge is 2.23. The van der Waals surface area contributed by atoms with Crippen LogP contribution in [-0.4, -0.2) is 38.0 Å². The molecule has 3 rings (SSSR count). The summed E-state index contributed by atoms with van der Waals surface area (Å²) in [5.74, 6) is 0.686. The standard InChI is InChI=1S/C19H21N5O3S/c1-12(2)20-18(26)21-17(25)13(3)28-19-23-22-16(15-10-7-11-27-15)24(19)14-8-5-4-6-9-14/h4-13H,1-3H3,(H2,20,21,25,26)/t13-/m1/s1. The lowest BCUT2D eigenvalue weighted by atomic mass is 10.3. The first kappa shape index (κ1) is 19.7. The Balaban J connectivity index is 1.84. The molecule has 2 aromatic heterocycles. The van der Waals surface area contributed by atoms with Gasteiger partial charge in [0.05, 0.1) is 11.5 Å². The molecule has 0 bridgehead atoms. The van der Waals surface area contributed by atoms with Crippen molar-refractivity contribution in [2.24, 2.45) is 0 Å². The van der Waals surface area contributed by atoms with E-state index in [0.717, 1.165) is 5.69 Å². The SMILES string of the molecule is CC(C)NC(=O)NC(=O)[C@@H](C)Sc1nnc(-c2ccco2)n1-c1ccccc1. The van der Waals surface area contributed by atoms with Gasteiger partial charge in [0, 0.05) is 11.7 Å². The molecule has 0 radical (unpaired) electrons. The molecule has 0 aliphatic rings. The molecule has 0 spiro atoms. The zero-order valence-corrected chi connectivity index (χ0v) is 16.6. The lowest BCUT2D eigenvalue weighted by Gasteiger charge is -2.14. The lowest BCUT2D eigenvalue weighted by molar-refractivity contribution is -0.119. The van der Waals surface area contributed by atoms with Crippen LogP contribution in [0, 0.1) is 0 Å². The first-order valence-corrected chi connectivity index (χ1v) is 9.66. The Kier molecular flexibility index (Phi) is 6.15. The van der Waals surface area contributed by atoms with Gasteiger partial charge in [-0.3, -0.25) is 14.7 Å². The molecule has 28 heavy (non-hydrogen) atoms. The van der Waals surface area contributed by atoms with Crippen LogP contribution in [0.3, 0.4) is 0 Å². The fourth-order valence-electron chi connectivity index (χ4n) is 2.44. The molecular formula is C19H21N5O3S. The number of urea groups is 1. The smallest absolute Gasteiger partial charge is 0.321 e. The number of carbonyl (C=O) groups is 2. The average Bonchev–Trinajstić information content (AvgIpc) is 3.31. The maximum atomic E-state index is 12.4. The molecule has 0 aliphatic heterocycles. The van der Waals surface area contributed by atoms with Gasteiger partial charge in [0.25, 0.3) is 0 Å². The van der Waals surface area contributed by atoms with Crippen LogP contribution in [0.4, 0.5) is 4.79 Å². The van der Waals surface area contributed by atoms with Crippen molar-refractivity contribution >= 4 is 23.7 Å². The van der Waals surface area contributed by atoms with Gasteiger partial charge in [-0.15, -0.1) is 10.2 Å². The normalized spacial score (nSPS) is 12.0. The second-order valence-corrected chi connectivity index (χ2v) is 7.64. The minimum absolute atomic E-state index is 0.0622. The van der Waals surface area contributed by atoms with E-state index in [0.29, 0.717) is 16.7 Å². The first-order valence-electron chi connectivity index (χ1n) is 8.78. The minimum Gasteiger partial charge on any atom is -0.461 e. The number of nitrogens with zero attached hydrogens (tertiary/aromatic N) is 3. The number of hydrogen-bond acceptors (Lipinski definition) is 6. The molecule has 146 valence electrons. The molecule has 8 nitrogen and oxygen atoms in total. The molecule has 0 saturated heterocycles. The highest BCUT2D eigenvalue weighted by molar-refractivity contribution is 8.00. The fourth-order valence-corrected chi connectivity index (χ4v) is 3.31. The molecule has 9 heteroatoms. The van der Waals surface area contributed by atoms with E-state index < -0.39 is 17.2 Å². The number of hydrogen-bond donors (Lipinski definition) is 2. The van der Waals surface area contributed by atoms with Gasteiger partial charge in [-0.2, -0.15) is 0 Å². The Labute approximate surface area is 166 Å². The second kappa shape index (κ2) is 8.75. The number of furan rings is 1. The molecule has 1 aromatic carbocycles. The van der Waals surface area contributed by atoms with Crippen LogP contribution in [0.2, 0.25) is 0 Å². The van der Waals surface area contributed by atoms with Gasteiger partial charge in [-0.1, -0.05) is 30.0 Å². The topological polar surface area (TPSA) is 102 Å². The zero-order valence-electron chi connectivity index (χ0n) is 15.7. The predicted octanol–water partition coefficient (Wildman–Crippen LogP) is 3.24. The third-order valence-corrected chi connectivity index (χ3v) is 4.74. The van der Waals surface area contributed by atoms with Gasteiger partial charge in [-0.05, 0) is 45.0 Å².